The van der Waals surface area contributed by atoms with Crippen molar-refractivity contribution in [3.8, 4) is 5.75 Å². The van der Waals surface area contributed by atoms with Crippen LogP contribution in [0.3, 0.4) is 0 Å². The molecule has 3 atom stereocenters. The van der Waals surface area contributed by atoms with E-state index in [1.54, 1.807) is 10.3 Å². The number of thiazole rings is 1. The fourth-order valence-electron chi connectivity index (χ4n) is 4.78. The van der Waals surface area contributed by atoms with Gasteiger partial charge < -0.3 is 4.74 Å². The number of fused-ring (bicyclic) bond motifs is 1. The number of nitrogens with one attached hydrogen (secondary N) is 1. The number of nitrogens with zero attached hydrogens (tertiary/aromatic N) is 2. The lowest BCUT2D eigenvalue weighted by Crippen LogP contribution is -2.49. The first-order chi connectivity index (χ1) is 17.9. The summed E-state index contributed by atoms with van der Waals surface area (Å²) >= 11 is 1.03. The molecule has 1 aromatic carbocycles. The molecule has 2 aromatic rings. The molecule has 2 aliphatic rings. The number of likely N-dealkylation sites (tertiary alicyclic amines) is 1. The number of halogens is 5. The molecular formula is C25H26F5N3O3S2. The molecule has 2 aliphatic heterocycles. The molecule has 13 heteroatoms. The maximum absolute atomic E-state index is 15.2. The minimum Gasteiger partial charge on any atom is -0.493 e. The van der Waals surface area contributed by atoms with Gasteiger partial charge >= 0.3 is 6.18 Å². The number of sulfonamides is 1. The number of anilines is 1. The molecule has 1 saturated heterocycles. The fourth-order valence-corrected chi connectivity index (χ4v) is 6.64. The Kier molecular flexibility index (Phi) is 8.29. The number of aromatic nitrogens is 1. The Morgan fingerprint density at radius 2 is 2.05 bits per heavy atom. The third-order valence-corrected chi connectivity index (χ3v) is 8.85. The Balaban J connectivity index is 1.68. The van der Waals surface area contributed by atoms with Crippen molar-refractivity contribution in [3.05, 3.63) is 71.3 Å². The summed E-state index contributed by atoms with van der Waals surface area (Å²) in [5.74, 6) is -3.03. The zero-order chi connectivity index (χ0) is 27.7. The van der Waals surface area contributed by atoms with Gasteiger partial charge in [-0.15, -0.1) is 11.3 Å². The van der Waals surface area contributed by atoms with Gasteiger partial charge in [0.15, 0.2) is 5.13 Å². The van der Waals surface area contributed by atoms with E-state index in [4.69, 9.17) is 4.74 Å². The summed E-state index contributed by atoms with van der Waals surface area (Å²) in [4.78, 5) is 5.01. The molecule has 1 N–H and O–H groups in total. The van der Waals surface area contributed by atoms with Gasteiger partial charge in [0.25, 0.3) is 10.0 Å². The Labute approximate surface area is 221 Å². The Morgan fingerprint density at radius 3 is 2.71 bits per heavy atom. The maximum atomic E-state index is 15.2. The highest BCUT2D eigenvalue weighted by molar-refractivity contribution is 7.93. The summed E-state index contributed by atoms with van der Waals surface area (Å²) in [6.45, 7) is 5.58. The van der Waals surface area contributed by atoms with Crippen molar-refractivity contribution in [3.63, 3.8) is 0 Å². The van der Waals surface area contributed by atoms with E-state index in [1.165, 1.54) is 25.3 Å². The number of alkyl halides is 3. The van der Waals surface area contributed by atoms with E-state index in [2.05, 4.69) is 16.3 Å². The van der Waals surface area contributed by atoms with E-state index in [0.717, 1.165) is 29.5 Å². The number of benzene rings is 1. The van der Waals surface area contributed by atoms with Crippen molar-refractivity contribution in [2.75, 3.05) is 17.9 Å². The van der Waals surface area contributed by atoms with Gasteiger partial charge in [-0.05, 0) is 44.0 Å². The summed E-state index contributed by atoms with van der Waals surface area (Å²) in [7, 11) is -4.32. The number of piperidine rings is 1. The van der Waals surface area contributed by atoms with Crippen LogP contribution in [-0.2, 0) is 10.0 Å². The van der Waals surface area contributed by atoms with Crippen LogP contribution in [0.25, 0.3) is 0 Å². The number of hydrogen-bond donors (Lipinski definition) is 1. The zero-order valence-corrected chi connectivity index (χ0v) is 22.0. The molecule has 0 unspecified atom stereocenters. The molecule has 1 fully saturated rings. The van der Waals surface area contributed by atoms with Gasteiger partial charge in [-0.3, -0.25) is 9.62 Å². The topological polar surface area (TPSA) is 71.5 Å². The van der Waals surface area contributed by atoms with E-state index in [1.807, 2.05) is 0 Å². The molecular weight excluding hydrogens is 549 g/mol. The lowest BCUT2D eigenvalue weighted by atomic mass is 9.84. The molecule has 206 valence electrons. The van der Waals surface area contributed by atoms with Crippen molar-refractivity contribution in [1.82, 2.24) is 9.88 Å². The largest absolute Gasteiger partial charge is 0.493 e. The Bertz CT molecular complexity index is 1340. The first kappa shape index (κ1) is 28.2. The number of rotatable bonds is 7. The van der Waals surface area contributed by atoms with Crippen LogP contribution in [0.5, 0.6) is 5.75 Å². The second-order valence-electron chi connectivity index (χ2n) is 9.01. The van der Waals surface area contributed by atoms with Crippen LogP contribution < -0.4 is 9.46 Å². The predicted octanol–water partition coefficient (Wildman–Crippen LogP) is 6.54. The minimum absolute atomic E-state index is 0.0329. The van der Waals surface area contributed by atoms with Crippen LogP contribution >= 0.6 is 11.3 Å². The fraction of sp³-hybridized carbons (Fsp3) is 0.400. The van der Waals surface area contributed by atoms with E-state index in [0.29, 0.717) is 12.0 Å². The highest BCUT2D eigenvalue weighted by atomic mass is 32.2. The minimum atomic E-state index is -4.41. The number of allylic oxidation sites excluding steroid dienone is 3. The van der Waals surface area contributed by atoms with E-state index in [9.17, 15) is 26.0 Å². The normalized spacial score (nSPS) is 23.2. The Hall–Kier alpha value is -2.77. The standard InChI is InChI=1S/C25H26F5N3O3S2/c1-3-17(26)5-4-15(2)21-12-16(25(28,29)30)6-9-33(21)20-7-10-36-22-14-23(19(27)13-18(20)22)38(34,35)32-24-31-8-11-37-24/h3-5,8,11,13-14,16,20-21H,2,6-7,9-10,12H2,1H3,(H,31,32)/b5-4-,17-3+/t16-,20-,21+/m0/s1. The first-order valence-corrected chi connectivity index (χ1v) is 14.2. The van der Waals surface area contributed by atoms with Crippen molar-refractivity contribution in [2.24, 2.45) is 5.92 Å². The lowest BCUT2D eigenvalue weighted by Gasteiger charge is -2.46. The second-order valence-corrected chi connectivity index (χ2v) is 11.6. The zero-order valence-electron chi connectivity index (χ0n) is 20.3. The van der Waals surface area contributed by atoms with Crippen LogP contribution in [0.15, 0.2) is 64.8 Å². The Morgan fingerprint density at radius 1 is 1.29 bits per heavy atom. The van der Waals surface area contributed by atoms with Crippen molar-refractivity contribution < 1.29 is 35.1 Å². The van der Waals surface area contributed by atoms with Gasteiger partial charge in [-0.2, -0.15) is 13.2 Å². The van der Waals surface area contributed by atoms with Crippen LogP contribution in [-0.4, -0.2) is 43.7 Å². The maximum Gasteiger partial charge on any atom is 0.391 e. The summed E-state index contributed by atoms with van der Waals surface area (Å²) < 4.78 is 103. The number of hydrogen-bond acceptors (Lipinski definition) is 6. The predicted molar refractivity (Wildman–Crippen MR) is 135 cm³/mol. The van der Waals surface area contributed by atoms with Crippen LogP contribution in [0.4, 0.5) is 27.1 Å². The molecule has 0 saturated carbocycles. The highest BCUT2D eigenvalue weighted by Crippen LogP contribution is 2.45. The summed E-state index contributed by atoms with van der Waals surface area (Å²) in [6.07, 6.45) is 0.582. The highest BCUT2D eigenvalue weighted by Gasteiger charge is 2.46. The third kappa shape index (κ3) is 6.10. The summed E-state index contributed by atoms with van der Waals surface area (Å²) in [5.41, 5.74) is 0.616. The van der Waals surface area contributed by atoms with Crippen LogP contribution in [0.2, 0.25) is 0 Å². The molecule has 0 amide bonds. The average Bonchev–Trinajstić information content (AvgIpc) is 3.37. The molecule has 3 heterocycles. The smallest absolute Gasteiger partial charge is 0.391 e. The average molecular weight is 576 g/mol. The second kappa shape index (κ2) is 11.1. The van der Waals surface area contributed by atoms with Gasteiger partial charge in [0.1, 0.15) is 22.3 Å². The number of ether oxygens (including phenoxy) is 1. The van der Waals surface area contributed by atoms with Crippen LogP contribution in [0, 0.1) is 11.7 Å². The molecule has 0 bridgehead atoms. The molecule has 38 heavy (non-hydrogen) atoms. The molecule has 4 rings (SSSR count). The van der Waals surface area contributed by atoms with Gasteiger partial charge in [0, 0.05) is 41.7 Å². The van der Waals surface area contributed by atoms with Crippen molar-refractivity contribution >= 4 is 26.5 Å². The quantitative estimate of drug-likeness (QED) is 0.300. The van der Waals surface area contributed by atoms with Crippen molar-refractivity contribution in [2.45, 2.75) is 49.3 Å². The van der Waals surface area contributed by atoms with E-state index < -0.39 is 50.7 Å². The van der Waals surface area contributed by atoms with Crippen molar-refractivity contribution in [1.29, 1.82) is 0 Å². The molecule has 0 spiro atoms. The first-order valence-electron chi connectivity index (χ1n) is 11.8. The molecule has 1 aromatic heterocycles. The summed E-state index contributed by atoms with van der Waals surface area (Å²) in [5, 5.41) is 1.63. The molecule has 6 nitrogen and oxygen atoms in total. The van der Waals surface area contributed by atoms with Gasteiger partial charge in [-0.25, -0.2) is 22.2 Å². The third-order valence-electron chi connectivity index (χ3n) is 6.68. The monoisotopic (exact) mass is 575 g/mol. The van der Waals surface area contributed by atoms with E-state index >= 15 is 4.39 Å². The molecule has 0 radical (unpaired) electrons. The summed E-state index contributed by atoms with van der Waals surface area (Å²) in [6, 6.07) is 0.777. The van der Waals surface area contributed by atoms with Gasteiger partial charge in [0.2, 0.25) is 0 Å². The SMILES string of the molecule is C=C(/C=C\C(F)=C/C)[C@H]1C[C@@H](C(F)(F)F)CCN1[C@H]1CCOc2cc(S(=O)(=O)Nc3nccs3)c(F)cc21. The molecule has 0 aliphatic carbocycles. The van der Waals surface area contributed by atoms with Gasteiger partial charge in [-0.1, -0.05) is 18.7 Å². The van der Waals surface area contributed by atoms with Crippen LogP contribution in [0.1, 0.15) is 37.8 Å². The van der Waals surface area contributed by atoms with Gasteiger partial charge in [0.05, 0.1) is 12.5 Å². The lowest BCUT2D eigenvalue weighted by molar-refractivity contribution is -0.190. The van der Waals surface area contributed by atoms with E-state index in [-0.39, 0.29) is 42.4 Å².